The summed E-state index contributed by atoms with van der Waals surface area (Å²) < 4.78 is 0. The van der Waals surface area contributed by atoms with Crippen molar-refractivity contribution < 1.29 is 9.90 Å². The highest BCUT2D eigenvalue weighted by atomic mass is 16.4. The molecule has 1 aliphatic rings. The average molecular weight is 435 g/mol. The lowest BCUT2D eigenvalue weighted by Crippen LogP contribution is -2.33. The molecular weight excluding hydrogens is 392 g/mol. The van der Waals surface area contributed by atoms with E-state index in [-0.39, 0.29) is 0 Å². The van der Waals surface area contributed by atoms with Crippen LogP contribution in [0.25, 0.3) is 0 Å². The minimum absolute atomic E-state index is 0.471. The Labute approximate surface area is 195 Å². The Hall–Kier alpha value is -2.09. The minimum atomic E-state index is -0.700. The molecule has 0 unspecified atom stereocenters. The summed E-state index contributed by atoms with van der Waals surface area (Å²) in [6.45, 7) is 15.9. The first-order valence-electron chi connectivity index (χ1n) is 12.6. The van der Waals surface area contributed by atoms with Gasteiger partial charge in [-0.3, -0.25) is 4.79 Å². The molecule has 0 spiro atoms. The molecule has 0 saturated heterocycles. The summed E-state index contributed by atoms with van der Waals surface area (Å²) in [6.07, 6.45) is 5.38. The van der Waals surface area contributed by atoms with Crippen molar-refractivity contribution in [1.29, 1.82) is 0 Å². The molecule has 0 aromatic heterocycles. The second-order valence-corrected chi connectivity index (χ2v) is 10.9. The van der Waals surface area contributed by atoms with Crippen molar-refractivity contribution in [3.05, 3.63) is 69.3 Å². The Morgan fingerprint density at radius 1 is 0.844 bits per heavy atom. The van der Waals surface area contributed by atoms with Crippen LogP contribution in [0.1, 0.15) is 124 Å². The van der Waals surface area contributed by atoms with Gasteiger partial charge in [0.1, 0.15) is 0 Å². The second kappa shape index (κ2) is 9.81. The van der Waals surface area contributed by atoms with Gasteiger partial charge in [-0.25, -0.2) is 0 Å². The highest BCUT2D eigenvalue weighted by Gasteiger charge is 2.44. The molecule has 2 aromatic rings. The van der Waals surface area contributed by atoms with Gasteiger partial charge in [-0.2, -0.15) is 0 Å². The van der Waals surface area contributed by atoms with Crippen molar-refractivity contribution in [3.8, 4) is 0 Å². The summed E-state index contributed by atoms with van der Waals surface area (Å²) in [5.41, 5.74) is 8.73. The quantitative estimate of drug-likeness (QED) is 0.456. The van der Waals surface area contributed by atoms with Gasteiger partial charge in [0.2, 0.25) is 0 Å². The highest BCUT2D eigenvalue weighted by molar-refractivity contribution is 5.82. The van der Waals surface area contributed by atoms with Crippen molar-refractivity contribution in [2.75, 3.05) is 0 Å². The molecule has 2 heteroatoms. The van der Waals surface area contributed by atoms with Crippen LogP contribution in [0.4, 0.5) is 0 Å². The molecule has 2 nitrogen and oxygen atoms in total. The zero-order valence-electron chi connectivity index (χ0n) is 21.2. The molecule has 3 rings (SSSR count). The Morgan fingerprint density at radius 2 is 1.44 bits per heavy atom. The van der Waals surface area contributed by atoms with Crippen LogP contribution >= 0.6 is 0 Å². The molecule has 1 fully saturated rings. The lowest BCUT2D eigenvalue weighted by molar-refractivity contribution is -0.143. The predicted molar refractivity (Wildman–Crippen MR) is 135 cm³/mol. The molecule has 1 N–H and O–H groups in total. The van der Waals surface area contributed by atoms with Crippen LogP contribution in [0.2, 0.25) is 0 Å². The number of carboxylic acid groups (broad SMARTS) is 1. The van der Waals surface area contributed by atoms with Crippen LogP contribution in [0, 0.1) is 6.92 Å². The van der Waals surface area contributed by atoms with E-state index in [1.165, 1.54) is 33.4 Å². The molecule has 1 saturated carbocycles. The number of rotatable bonds is 8. The fourth-order valence-corrected chi connectivity index (χ4v) is 5.99. The monoisotopic (exact) mass is 434 g/mol. The van der Waals surface area contributed by atoms with Gasteiger partial charge < -0.3 is 5.11 Å². The number of aliphatic carboxylic acids is 1. The van der Waals surface area contributed by atoms with Gasteiger partial charge in [0.25, 0.3) is 0 Å². The third-order valence-electron chi connectivity index (χ3n) is 7.49. The number of aryl methyl sites for hydroxylation is 3. The maximum Gasteiger partial charge on any atom is 0.314 e. The minimum Gasteiger partial charge on any atom is -0.481 e. The molecule has 0 amide bonds. The van der Waals surface area contributed by atoms with Crippen molar-refractivity contribution in [1.82, 2.24) is 0 Å². The zero-order valence-corrected chi connectivity index (χ0v) is 21.2. The largest absolute Gasteiger partial charge is 0.481 e. The van der Waals surface area contributed by atoms with E-state index in [2.05, 4.69) is 78.8 Å². The van der Waals surface area contributed by atoms with Gasteiger partial charge in [-0.15, -0.1) is 0 Å². The SMILES string of the molecule is Cc1ccc(C2(C(=O)O)CCCC2)c(CCc2ccc(C(C)C)c(C(C)C)c2C(C)C)c1. The van der Waals surface area contributed by atoms with E-state index in [4.69, 9.17) is 0 Å². The number of carboxylic acids is 1. The Bertz CT molecular complexity index is 959. The standard InChI is InChI=1S/C30H42O2/c1-19(2)25-14-13-23(27(20(3)4)28(25)21(5)6)11-12-24-18-22(7)10-15-26(24)30(29(31)32)16-8-9-17-30/h10,13-15,18-21H,8-9,11-12,16-17H2,1-7H3,(H,31,32). The lowest BCUT2D eigenvalue weighted by atomic mass is 9.75. The van der Waals surface area contributed by atoms with E-state index in [0.717, 1.165) is 44.1 Å². The van der Waals surface area contributed by atoms with E-state index in [0.29, 0.717) is 17.8 Å². The molecule has 0 atom stereocenters. The van der Waals surface area contributed by atoms with E-state index in [1.54, 1.807) is 0 Å². The predicted octanol–water partition coefficient (Wildman–Crippen LogP) is 8.05. The fraction of sp³-hybridized carbons (Fsp3) is 0.567. The summed E-state index contributed by atoms with van der Waals surface area (Å²) >= 11 is 0. The molecule has 2 aromatic carbocycles. The average Bonchev–Trinajstić information content (AvgIpc) is 3.22. The molecule has 174 valence electrons. The maximum absolute atomic E-state index is 12.4. The first-order valence-corrected chi connectivity index (χ1v) is 12.6. The maximum atomic E-state index is 12.4. The van der Waals surface area contributed by atoms with Gasteiger partial charge in [0.15, 0.2) is 0 Å². The molecule has 0 aliphatic heterocycles. The third kappa shape index (κ3) is 4.65. The van der Waals surface area contributed by atoms with Gasteiger partial charge in [-0.05, 0) is 83.7 Å². The Balaban J connectivity index is 2.03. The Kier molecular flexibility index (Phi) is 7.53. The second-order valence-electron chi connectivity index (χ2n) is 10.9. The van der Waals surface area contributed by atoms with E-state index >= 15 is 0 Å². The van der Waals surface area contributed by atoms with Crippen molar-refractivity contribution in [2.45, 2.75) is 110 Å². The van der Waals surface area contributed by atoms with E-state index < -0.39 is 11.4 Å². The van der Waals surface area contributed by atoms with Crippen LogP contribution in [0.3, 0.4) is 0 Å². The van der Waals surface area contributed by atoms with Crippen LogP contribution in [0.5, 0.6) is 0 Å². The molecule has 1 aliphatic carbocycles. The number of carbonyl (C=O) groups is 1. The zero-order chi connectivity index (χ0) is 23.6. The van der Waals surface area contributed by atoms with E-state index in [1.807, 2.05) is 0 Å². The topological polar surface area (TPSA) is 37.3 Å². The van der Waals surface area contributed by atoms with Gasteiger partial charge in [0, 0.05) is 0 Å². The summed E-state index contributed by atoms with van der Waals surface area (Å²) in [5.74, 6) is 0.831. The smallest absolute Gasteiger partial charge is 0.314 e. The van der Waals surface area contributed by atoms with Gasteiger partial charge in [-0.1, -0.05) is 90.3 Å². The van der Waals surface area contributed by atoms with Crippen molar-refractivity contribution in [2.24, 2.45) is 0 Å². The van der Waals surface area contributed by atoms with Crippen LogP contribution in [0.15, 0.2) is 30.3 Å². The molecule has 32 heavy (non-hydrogen) atoms. The number of hydrogen-bond acceptors (Lipinski definition) is 1. The molecule has 0 heterocycles. The van der Waals surface area contributed by atoms with Crippen LogP contribution in [-0.2, 0) is 23.1 Å². The van der Waals surface area contributed by atoms with Gasteiger partial charge >= 0.3 is 5.97 Å². The first kappa shape index (κ1) is 24.6. The van der Waals surface area contributed by atoms with Gasteiger partial charge in [0.05, 0.1) is 5.41 Å². The summed E-state index contributed by atoms with van der Waals surface area (Å²) in [5, 5.41) is 10.2. The van der Waals surface area contributed by atoms with Crippen molar-refractivity contribution >= 4 is 5.97 Å². The molecular formula is C30H42O2. The highest BCUT2D eigenvalue weighted by Crippen LogP contribution is 2.43. The van der Waals surface area contributed by atoms with Crippen LogP contribution in [-0.4, -0.2) is 11.1 Å². The summed E-state index contributed by atoms with van der Waals surface area (Å²) in [4.78, 5) is 12.4. The summed E-state index contributed by atoms with van der Waals surface area (Å²) in [6, 6.07) is 11.1. The first-order chi connectivity index (χ1) is 15.1. The number of benzene rings is 2. The van der Waals surface area contributed by atoms with Crippen LogP contribution < -0.4 is 0 Å². The van der Waals surface area contributed by atoms with Crippen molar-refractivity contribution in [3.63, 3.8) is 0 Å². The lowest BCUT2D eigenvalue weighted by Gasteiger charge is -2.28. The normalized spacial score (nSPS) is 15.8. The number of hydrogen-bond donors (Lipinski definition) is 1. The summed E-state index contributed by atoms with van der Waals surface area (Å²) in [7, 11) is 0. The Morgan fingerprint density at radius 3 is 1.97 bits per heavy atom. The molecule has 0 bridgehead atoms. The van der Waals surface area contributed by atoms with E-state index in [9.17, 15) is 9.90 Å². The fourth-order valence-electron chi connectivity index (χ4n) is 5.99. The third-order valence-corrected chi connectivity index (χ3v) is 7.49. The molecule has 0 radical (unpaired) electrons.